The van der Waals surface area contributed by atoms with Gasteiger partial charge in [0.2, 0.25) is 0 Å². The van der Waals surface area contributed by atoms with E-state index in [4.69, 9.17) is 10.5 Å². The standard InChI is InChI=1S/C24H31NO2/c1-4-7-8-17-9-11-18(12-10-17)19-13-14-21-20(15-19)16-24(5-2,6-3)22(21)27-23(25)26/h9-15,22H,4-8,16H2,1-3H3,(H2,25,26). The number of benzene rings is 2. The molecule has 3 rings (SSSR count). The number of amides is 1. The number of rotatable bonds is 7. The largest absolute Gasteiger partial charge is 0.441 e. The molecule has 2 aromatic carbocycles. The van der Waals surface area contributed by atoms with Crippen molar-refractivity contribution in [3.05, 3.63) is 59.2 Å². The van der Waals surface area contributed by atoms with Crippen molar-refractivity contribution in [1.82, 2.24) is 0 Å². The van der Waals surface area contributed by atoms with Gasteiger partial charge in [-0.2, -0.15) is 0 Å². The first-order chi connectivity index (χ1) is 13.0. The van der Waals surface area contributed by atoms with Crippen molar-refractivity contribution in [3.8, 4) is 11.1 Å². The van der Waals surface area contributed by atoms with Crippen LogP contribution in [0.1, 0.15) is 69.2 Å². The lowest BCUT2D eigenvalue weighted by Gasteiger charge is -2.32. The van der Waals surface area contributed by atoms with E-state index in [1.54, 1.807) is 0 Å². The van der Waals surface area contributed by atoms with E-state index in [1.807, 2.05) is 0 Å². The molecule has 3 nitrogen and oxygen atoms in total. The summed E-state index contributed by atoms with van der Waals surface area (Å²) in [5.74, 6) is 0. The Morgan fingerprint density at radius 1 is 1.07 bits per heavy atom. The highest BCUT2D eigenvalue weighted by Crippen LogP contribution is 2.52. The predicted molar refractivity (Wildman–Crippen MR) is 111 cm³/mol. The SMILES string of the molecule is CCCCc1ccc(-c2ccc3c(c2)CC(CC)(CC)C3OC(N)=O)cc1. The monoisotopic (exact) mass is 365 g/mol. The number of carbonyl (C=O) groups is 1. The topological polar surface area (TPSA) is 52.3 Å². The number of fused-ring (bicyclic) bond motifs is 1. The van der Waals surface area contributed by atoms with Gasteiger partial charge in [-0.15, -0.1) is 0 Å². The molecule has 27 heavy (non-hydrogen) atoms. The van der Waals surface area contributed by atoms with Crippen molar-refractivity contribution < 1.29 is 9.53 Å². The molecular weight excluding hydrogens is 334 g/mol. The van der Waals surface area contributed by atoms with Gasteiger partial charge >= 0.3 is 6.09 Å². The van der Waals surface area contributed by atoms with E-state index in [9.17, 15) is 4.79 Å². The third kappa shape index (κ3) is 3.87. The van der Waals surface area contributed by atoms with Gasteiger partial charge in [-0.25, -0.2) is 4.79 Å². The van der Waals surface area contributed by atoms with Crippen LogP contribution in [0.5, 0.6) is 0 Å². The van der Waals surface area contributed by atoms with E-state index in [2.05, 4.69) is 63.2 Å². The maximum Gasteiger partial charge on any atom is 0.405 e. The number of ether oxygens (including phenoxy) is 1. The average Bonchev–Trinajstić information content (AvgIpc) is 2.99. The Bertz CT molecular complexity index is 791. The highest BCUT2D eigenvalue weighted by atomic mass is 16.6. The zero-order chi connectivity index (χ0) is 19.4. The second kappa shape index (κ2) is 8.16. The lowest BCUT2D eigenvalue weighted by Crippen LogP contribution is -2.30. The van der Waals surface area contributed by atoms with Gasteiger partial charge in [-0.1, -0.05) is 69.7 Å². The summed E-state index contributed by atoms with van der Waals surface area (Å²) in [6.07, 6.45) is 5.50. The summed E-state index contributed by atoms with van der Waals surface area (Å²) >= 11 is 0. The number of carbonyl (C=O) groups excluding carboxylic acids is 1. The van der Waals surface area contributed by atoms with E-state index in [0.717, 1.165) is 31.2 Å². The molecule has 144 valence electrons. The number of hydrogen-bond donors (Lipinski definition) is 1. The maximum absolute atomic E-state index is 11.5. The summed E-state index contributed by atoms with van der Waals surface area (Å²) in [5, 5.41) is 0. The second-order valence-corrected chi connectivity index (χ2v) is 7.78. The molecule has 0 aromatic heterocycles. The van der Waals surface area contributed by atoms with E-state index in [-0.39, 0.29) is 11.5 Å². The number of primary amides is 1. The van der Waals surface area contributed by atoms with E-state index in [0.29, 0.717) is 0 Å². The lowest BCUT2D eigenvalue weighted by atomic mass is 9.77. The molecule has 1 atom stereocenters. The molecule has 0 saturated carbocycles. The Hall–Kier alpha value is -2.29. The van der Waals surface area contributed by atoms with Crippen LogP contribution in [0.4, 0.5) is 4.79 Å². The minimum atomic E-state index is -0.689. The van der Waals surface area contributed by atoms with Crippen molar-refractivity contribution in [2.75, 3.05) is 0 Å². The molecule has 1 amide bonds. The van der Waals surface area contributed by atoms with Crippen molar-refractivity contribution in [2.24, 2.45) is 11.1 Å². The average molecular weight is 366 g/mol. The number of aryl methyl sites for hydroxylation is 1. The van der Waals surface area contributed by atoms with Gasteiger partial charge in [0.25, 0.3) is 0 Å². The molecule has 0 radical (unpaired) electrons. The Balaban J connectivity index is 1.90. The number of nitrogens with two attached hydrogens (primary N) is 1. The molecule has 1 unspecified atom stereocenters. The molecule has 1 aliphatic carbocycles. The molecule has 0 aliphatic heterocycles. The van der Waals surface area contributed by atoms with Crippen molar-refractivity contribution >= 4 is 6.09 Å². The van der Waals surface area contributed by atoms with Crippen LogP contribution in [0, 0.1) is 5.41 Å². The highest BCUT2D eigenvalue weighted by molar-refractivity contribution is 5.68. The zero-order valence-corrected chi connectivity index (χ0v) is 16.8. The fraction of sp³-hybridized carbons (Fsp3) is 0.458. The maximum atomic E-state index is 11.5. The van der Waals surface area contributed by atoms with Crippen LogP contribution in [0.15, 0.2) is 42.5 Å². The summed E-state index contributed by atoms with van der Waals surface area (Å²) in [6.45, 7) is 6.56. The fourth-order valence-electron chi connectivity index (χ4n) is 4.42. The van der Waals surface area contributed by atoms with Gasteiger partial charge in [0.15, 0.2) is 0 Å². The first-order valence-electron chi connectivity index (χ1n) is 10.2. The van der Waals surface area contributed by atoms with Crippen LogP contribution < -0.4 is 5.73 Å². The van der Waals surface area contributed by atoms with Crippen LogP contribution in [0.3, 0.4) is 0 Å². The Morgan fingerprint density at radius 3 is 2.33 bits per heavy atom. The molecule has 2 N–H and O–H groups in total. The molecule has 0 spiro atoms. The van der Waals surface area contributed by atoms with Crippen LogP contribution in [-0.4, -0.2) is 6.09 Å². The van der Waals surface area contributed by atoms with Crippen molar-refractivity contribution in [1.29, 1.82) is 0 Å². The molecule has 0 fully saturated rings. The van der Waals surface area contributed by atoms with Crippen molar-refractivity contribution in [2.45, 2.75) is 65.4 Å². The molecule has 1 aliphatic rings. The molecule has 0 heterocycles. The first kappa shape index (κ1) is 19.5. The molecule has 3 heteroatoms. The Labute approximate surface area is 162 Å². The quantitative estimate of drug-likeness (QED) is 0.635. The smallest absolute Gasteiger partial charge is 0.405 e. The molecular formula is C24H31NO2. The van der Waals surface area contributed by atoms with Gasteiger partial charge in [0, 0.05) is 5.41 Å². The summed E-state index contributed by atoms with van der Waals surface area (Å²) in [7, 11) is 0. The van der Waals surface area contributed by atoms with Crippen LogP contribution >= 0.6 is 0 Å². The minimum absolute atomic E-state index is 0.0556. The van der Waals surface area contributed by atoms with Crippen LogP contribution in [-0.2, 0) is 17.6 Å². The van der Waals surface area contributed by atoms with Gasteiger partial charge in [0.1, 0.15) is 6.10 Å². The van der Waals surface area contributed by atoms with Crippen molar-refractivity contribution in [3.63, 3.8) is 0 Å². The second-order valence-electron chi connectivity index (χ2n) is 7.78. The minimum Gasteiger partial charge on any atom is -0.441 e. The predicted octanol–water partition coefficient (Wildman–Crippen LogP) is 6.20. The molecule has 0 bridgehead atoms. The first-order valence-corrected chi connectivity index (χ1v) is 10.2. The van der Waals surface area contributed by atoms with E-state index < -0.39 is 6.09 Å². The van der Waals surface area contributed by atoms with E-state index in [1.165, 1.54) is 35.1 Å². The Morgan fingerprint density at radius 2 is 1.74 bits per heavy atom. The third-order valence-corrected chi connectivity index (χ3v) is 6.27. The highest BCUT2D eigenvalue weighted by Gasteiger charge is 2.46. The van der Waals surface area contributed by atoms with Gasteiger partial charge in [-0.3, -0.25) is 0 Å². The number of hydrogen-bond acceptors (Lipinski definition) is 2. The fourth-order valence-corrected chi connectivity index (χ4v) is 4.42. The zero-order valence-electron chi connectivity index (χ0n) is 16.8. The summed E-state index contributed by atoms with van der Waals surface area (Å²) in [6, 6.07) is 15.4. The summed E-state index contributed by atoms with van der Waals surface area (Å²) in [4.78, 5) is 11.5. The van der Waals surface area contributed by atoms with Crippen LogP contribution in [0.25, 0.3) is 11.1 Å². The van der Waals surface area contributed by atoms with Crippen LogP contribution in [0.2, 0.25) is 0 Å². The Kier molecular flexibility index (Phi) is 5.88. The molecule has 2 aromatic rings. The van der Waals surface area contributed by atoms with Gasteiger partial charge in [-0.05, 0) is 59.9 Å². The van der Waals surface area contributed by atoms with E-state index >= 15 is 0 Å². The molecule has 0 saturated heterocycles. The normalized spacial score (nSPS) is 17.5. The lowest BCUT2D eigenvalue weighted by molar-refractivity contribution is 0.0140. The summed E-state index contributed by atoms with van der Waals surface area (Å²) in [5.41, 5.74) is 11.5. The number of unbranched alkanes of at least 4 members (excludes halogenated alkanes) is 1. The third-order valence-electron chi connectivity index (χ3n) is 6.27. The summed E-state index contributed by atoms with van der Waals surface area (Å²) < 4.78 is 5.57. The van der Waals surface area contributed by atoms with Gasteiger partial charge in [0.05, 0.1) is 0 Å². The van der Waals surface area contributed by atoms with Gasteiger partial charge < -0.3 is 10.5 Å².